The maximum Gasteiger partial charge on any atom is 0.262 e. The number of fused-ring (bicyclic) bond motifs is 1. The molecule has 0 aromatic heterocycles. The molecule has 0 saturated carbocycles. The van der Waals surface area contributed by atoms with Crippen LogP contribution in [-0.4, -0.2) is 35.2 Å². The number of benzene rings is 5. The topological polar surface area (TPSA) is 97.4 Å². The molecule has 1 N–H and O–H groups in total. The fraction of sp³-hybridized carbons (Fsp3) is 0.184. The number of anilines is 3. The van der Waals surface area contributed by atoms with Gasteiger partial charge in [0.15, 0.2) is 11.5 Å². The zero-order chi connectivity index (χ0) is 33.8. The fourth-order valence-electron chi connectivity index (χ4n) is 5.87. The molecule has 10 heteroatoms. The minimum Gasteiger partial charge on any atom is -0.494 e. The highest BCUT2D eigenvalue weighted by Gasteiger charge is 2.41. The van der Waals surface area contributed by atoms with E-state index in [4.69, 9.17) is 14.2 Å². The van der Waals surface area contributed by atoms with Gasteiger partial charge in [0, 0.05) is 17.9 Å². The maximum absolute atomic E-state index is 14.8. The second-order valence-electron chi connectivity index (χ2n) is 11.4. The normalized spacial score (nSPS) is 14.3. The second kappa shape index (κ2) is 13.7. The van der Waals surface area contributed by atoms with Crippen LogP contribution in [0, 0.1) is 6.92 Å². The Bertz CT molecular complexity index is 2020. The molecule has 6 rings (SSSR count). The standard InChI is InChI=1S/C38H37N3O6S/c1-5-47-31-18-16-30(17-19-31)41-37(28-13-22-35(45-3)36(23-28)46-4)40(25-27-9-7-6-8-10-27)34-21-20-32(24-33(34)38(41)42)48(43,44)39-29-14-11-26(2)12-15-29/h6-24,37,39H,5,25H2,1-4H3/t37-/m0/s1. The van der Waals surface area contributed by atoms with Gasteiger partial charge in [-0.05, 0) is 91.7 Å². The van der Waals surface area contributed by atoms with Gasteiger partial charge < -0.3 is 19.1 Å². The number of carbonyl (C=O) groups excluding carboxylic acids is 1. The van der Waals surface area contributed by atoms with Crippen LogP contribution >= 0.6 is 0 Å². The van der Waals surface area contributed by atoms with E-state index in [1.54, 1.807) is 43.4 Å². The summed E-state index contributed by atoms with van der Waals surface area (Å²) in [4.78, 5) is 18.5. The van der Waals surface area contributed by atoms with Gasteiger partial charge in [0.25, 0.3) is 15.9 Å². The molecule has 246 valence electrons. The molecule has 0 unspecified atom stereocenters. The van der Waals surface area contributed by atoms with Crippen LogP contribution in [-0.2, 0) is 16.6 Å². The van der Waals surface area contributed by atoms with Crippen molar-refractivity contribution >= 4 is 33.0 Å². The lowest BCUT2D eigenvalue weighted by Crippen LogP contribution is -2.49. The van der Waals surface area contributed by atoms with Gasteiger partial charge in [0.05, 0.1) is 37.0 Å². The predicted molar refractivity (Wildman–Crippen MR) is 188 cm³/mol. The van der Waals surface area contributed by atoms with Crippen molar-refractivity contribution in [3.8, 4) is 17.2 Å². The summed E-state index contributed by atoms with van der Waals surface area (Å²) in [6.07, 6.45) is -0.643. The molecule has 1 aliphatic heterocycles. The SMILES string of the molecule is CCOc1ccc(N2C(=O)c3cc(S(=O)(=O)Nc4ccc(C)cc4)ccc3N(Cc3ccccc3)[C@@H]2c2ccc(OC)c(OC)c2)cc1. The summed E-state index contributed by atoms with van der Waals surface area (Å²) in [6.45, 7) is 4.76. The van der Waals surface area contributed by atoms with Crippen molar-refractivity contribution in [3.63, 3.8) is 0 Å². The molecule has 48 heavy (non-hydrogen) atoms. The molecule has 9 nitrogen and oxygen atoms in total. The fourth-order valence-corrected chi connectivity index (χ4v) is 6.96. The van der Waals surface area contributed by atoms with Crippen molar-refractivity contribution in [2.24, 2.45) is 0 Å². The Morgan fingerprint density at radius 2 is 1.50 bits per heavy atom. The molecule has 1 atom stereocenters. The molecular weight excluding hydrogens is 627 g/mol. The number of methoxy groups -OCH3 is 2. The molecule has 5 aromatic carbocycles. The number of rotatable bonds is 11. The van der Waals surface area contributed by atoms with E-state index < -0.39 is 16.2 Å². The summed E-state index contributed by atoms with van der Waals surface area (Å²) < 4.78 is 46.8. The highest BCUT2D eigenvalue weighted by molar-refractivity contribution is 7.92. The molecule has 0 bridgehead atoms. The number of hydrogen-bond donors (Lipinski definition) is 1. The first kappa shape index (κ1) is 32.5. The molecular formula is C38H37N3O6S. The van der Waals surface area contributed by atoms with E-state index in [0.717, 1.165) is 16.7 Å². The molecule has 1 amide bonds. The third kappa shape index (κ3) is 6.52. The van der Waals surface area contributed by atoms with Gasteiger partial charge in [-0.1, -0.05) is 54.1 Å². The second-order valence-corrected chi connectivity index (χ2v) is 13.0. The summed E-state index contributed by atoms with van der Waals surface area (Å²) in [5.74, 6) is 1.39. The van der Waals surface area contributed by atoms with E-state index in [2.05, 4.69) is 9.62 Å². The van der Waals surface area contributed by atoms with Crippen LogP contribution in [0.4, 0.5) is 17.1 Å². The minimum absolute atomic E-state index is 0.0222. The Hall–Kier alpha value is -5.48. The Kier molecular flexibility index (Phi) is 9.27. The van der Waals surface area contributed by atoms with Crippen molar-refractivity contribution in [3.05, 3.63) is 138 Å². The number of nitrogens with zero attached hydrogens (tertiary/aromatic N) is 2. The summed E-state index contributed by atoms with van der Waals surface area (Å²) >= 11 is 0. The molecule has 0 fully saturated rings. The van der Waals surface area contributed by atoms with Gasteiger partial charge in [-0.25, -0.2) is 8.42 Å². The Morgan fingerprint density at radius 1 is 0.792 bits per heavy atom. The molecule has 0 saturated heterocycles. The average Bonchev–Trinajstić information content (AvgIpc) is 3.10. The molecule has 1 aliphatic rings. The van der Waals surface area contributed by atoms with Gasteiger partial charge >= 0.3 is 0 Å². The molecule has 0 aliphatic carbocycles. The number of sulfonamides is 1. The number of ether oxygens (including phenoxy) is 3. The van der Waals surface area contributed by atoms with Crippen LogP contribution in [0.3, 0.4) is 0 Å². The van der Waals surface area contributed by atoms with Gasteiger partial charge in [-0.3, -0.25) is 14.4 Å². The lowest BCUT2D eigenvalue weighted by Gasteiger charge is -2.46. The number of amides is 1. The van der Waals surface area contributed by atoms with Crippen LogP contribution in [0.2, 0.25) is 0 Å². The smallest absolute Gasteiger partial charge is 0.262 e. The maximum atomic E-state index is 14.8. The van der Waals surface area contributed by atoms with Crippen molar-refractivity contribution in [1.29, 1.82) is 0 Å². The van der Waals surface area contributed by atoms with E-state index in [-0.39, 0.29) is 16.4 Å². The minimum atomic E-state index is -4.02. The molecule has 0 spiro atoms. The predicted octanol–water partition coefficient (Wildman–Crippen LogP) is 7.58. The first-order valence-electron chi connectivity index (χ1n) is 15.5. The van der Waals surface area contributed by atoms with Crippen molar-refractivity contribution < 1.29 is 27.4 Å². The zero-order valence-corrected chi connectivity index (χ0v) is 28.0. The number of carbonyl (C=O) groups is 1. The monoisotopic (exact) mass is 663 g/mol. The highest BCUT2D eigenvalue weighted by atomic mass is 32.2. The van der Waals surface area contributed by atoms with Gasteiger partial charge in [0.2, 0.25) is 0 Å². The Balaban J connectivity index is 1.53. The molecule has 5 aromatic rings. The molecule has 0 radical (unpaired) electrons. The lowest BCUT2D eigenvalue weighted by molar-refractivity contribution is 0.0968. The summed E-state index contributed by atoms with van der Waals surface area (Å²) in [6, 6.07) is 34.6. The lowest BCUT2D eigenvalue weighted by atomic mass is 9.98. The Labute approximate surface area is 281 Å². The zero-order valence-electron chi connectivity index (χ0n) is 27.2. The largest absolute Gasteiger partial charge is 0.494 e. The average molecular weight is 664 g/mol. The van der Waals surface area contributed by atoms with Crippen molar-refractivity contribution in [2.75, 3.05) is 35.3 Å². The quantitative estimate of drug-likeness (QED) is 0.156. The number of aryl methyl sites for hydroxylation is 1. The Morgan fingerprint density at radius 3 is 2.17 bits per heavy atom. The highest BCUT2D eigenvalue weighted by Crippen LogP contribution is 2.45. The summed E-state index contributed by atoms with van der Waals surface area (Å²) in [5, 5.41) is 0. The van der Waals surface area contributed by atoms with E-state index in [1.807, 2.05) is 98.8 Å². The van der Waals surface area contributed by atoms with Gasteiger partial charge in [-0.2, -0.15) is 0 Å². The van der Waals surface area contributed by atoms with Crippen LogP contribution in [0.1, 0.15) is 40.1 Å². The van der Waals surface area contributed by atoms with Crippen LogP contribution in [0.25, 0.3) is 0 Å². The van der Waals surface area contributed by atoms with Crippen LogP contribution in [0.5, 0.6) is 17.2 Å². The van der Waals surface area contributed by atoms with Gasteiger partial charge in [-0.15, -0.1) is 0 Å². The van der Waals surface area contributed by atoms with Gasteiger partial charge in [0.1, 0.15) is 11.9 Å². The van der Waals surface area contributed by atoms with Crippen molar-refractivity contribution in [2.45, 2.75) is 31.5 Å². The summed E-state index contributed by atoms with van der Waals surface area (Å²) in [5.41, 5.74) is 4.68. The van der Waals surface area contributed by atoms with E-state index in [9.17, 15) is 13.2 Å². The summed E-state index contributed by atoms with van der Waals surface area (Å²) in [7, 11) is -0.877. The molecule has 1 heterocycles. The van der Waals surface area contributed by atoms with E-state index in [0.29, 0.717) is 47.5 Å². The van der Waals surface area contributed by atoms with Crippen LogP contribution < -0.4 is 28.7 Å². The van der Waals surface area contributed by atoms with Crippen LogP contribution in [0.15, 0.2) is 120 Å². The van der Waals surface area contributed by atoms with E-state index >= 15 is 0 Å². The number of nitrogens with one attached hydrogen (secondary N) is 1. The van der Waals surface area contributed by atoms with E-state index in [1.165, 1.54) is 6.07 Å². The third-order valence-corrected chi connectivity index (χ3v) is 9.59. The van der Waals surface area contributed by atoms with Crippen molar-refractivity contribution in [1.82, 2.24) is 0 Å². The number of hydrogen-bond acceptors (Lipinski definition) is 7. The third-order valence-electron chi connectivity index (χ3n) is 8.21. The first-order chi connectivity index (χ1) is 23.2. The first-order valence-corrected chi connectivity index (χ1v) is 17.0.